The molecule has 1 aliphatic carbocycles. The average molecular weight is 310 g/mol. The Morgan fingerprint density at radius 2 is 1.85 bits per heavy atom. The molecule has 1 atom stereocenters. The van der Waals surface area contributed by atoms with Crippen molar-refractivity contribution in [3.8, 4) is 0 Å². The van der Waals surface area contributed by atoms with Gasteiger partial charge in [-0.25, -0.2) is 12.4 Å². The predicted octanol–water partition coefficient (Wildman–Crippen LogP) is 2.46. The van der Waals surface area contributed by atoms with Crippen molar-refractivity contribution < 1.29 is 13.2 Å². The molecule has 3 rings (SSSR count). The zero-order valence-electron chi connectivity index (χ0n) is 10.5. The van der Waals surface area contributed by atoms with E-state index < -0.39 is 15.4 Å². The van der Waals surface area contributed by atoms with Crippen molar-refractivity contribution in [2.24, 2.45) is 0 Å². The molecule has 0 spiro atoms. The summed E-state index contributed by atoms with van der Waals surface area (Å²) in [7, 11) is -3.66. The molecule has 0 saturated carbocycles. The monoisotopic (exact) mass is 309 g/mol. The van der Waals surface area contributed by atoms with E-state index in [0.717, 1.165) is 0 Å². The standard InChI is InChI=1S/C14H12ClNO3S/c15-12-6-7-13-11(14(12)17)8-9-16(13)20(18,19)10-4-2-1-3-5-10/h1-5,8-9,12H,6-7H2. The number of carbonyl (C=O) groups excluding carboxylic acids is 1. The summed E-state index contributed by atoms with van der Waals surface area (Å²) in [5.41, 5.74) is 0.937. The van der Waals surface area contributed by atoms with Gasteiger partial charge in [-0.15, -0.1) is 11.6 Å². The van der Waals surface area contributed by atoms with E-state index in [1.807, 2.05) is 0 Å². The maximum Gasteiger partial charge on any atom is 0.267 e. The van der Waals surface area contributed by atoms with Gasteiger partial charge < -0.3 is 0 Å². The summed E-state index contributed by atoms with van der Waals surface area (Å²) in [4.78, 5) is 12.2. The molecule has 0 radical (unpaired) electrons. The lowest BCUT2D eigenvalue weighted by Crippen LogP contribution is -2.25. The number of alkyl halides is 1. The molecule has 1 heterocycles. The molecule has 0 amide bonds. The molecule has 0 saturated heterocycles. The van der Waals surface area contributed by atoms with Crippen molar-refractivity contribution in [3.05, 3.63) is 53.9 Å². The number of hydrogen-bond acceptors (Lipinski definition) is 3. The highest BCUT2D eigenvalue weighted by Gasteiger charge is 2.31. The van der Waals surface area contributed by atoms with E-state index in [1.165, 1.54) is 28.4 Å². The zero-order chi connectivity index (χ0) is 14.3. The number of carbonyl (C=O) groups is 1. The molecule has 20 heavy (non-hydrogen) atoms. The molecule has 1 aromatic carbocycles. The van der Waals surface area contributed by atoms with E-state index in [-0.39, 0.29) is 10.7 Å². The molecule has 0 fully saturated rings. The number of aromatic nitrogens is 1. The molecule has 4 nitrogen and oxygen atoms in total. The second-order valence-corrected chi connectivity index (χ2v) is 7.00. The van der Waals surface area contributed by atoms with Crippen LogP contribution in [-0.4, -0.2) is 23.6 Å². The number of benzene rings is 1. The third-order valence-electron chi connectivity index (χ3n) is 3.44. The maximum absolute atomic E-state index is 12.6. The van der Waals surface area contributed by atoms with Gasteiger partial charge >= 0.3 is 0 Å². The zero-order valence-corrected chi connectivity index (χ0v) is 12.1. The van der Waals surface area contributed by atoms with Crippen molar-refractivity contribution in [1.29, 1.82) is 0 Å². The van der Waals surface area contributed by atoms with E-state index in [9.17, 15) is 13.2 Å². The van der Waals surface area contributed by atoms with E-state index in [0.29, 0.717) is 24.1 Å². The van der Waals surface area contributed by atoms with Gasteiger partial charge in [0.1, 0.15) is 0 Å². The lowest BCUT2D eigenvalue weighted by Gasteiger charge is -2.18. The molecular weight excluding hydrogens is 298 g/mol. The molecule has 1 unspecified atom stereocenters. The van der Waals surface area contributed by atoms with E-state index >= 15 is 0 Å². The molecule has 6 heteroatoms. The summed E-state index contributed by atoms with van der Waals surface area (Å²) < 4.78 is 26.3. The lowest BCUT2D eigenvalue weighted by molar-refractivity contribution is 0.0976. The van der Waals surface area contributed by atoms with Gasteiger partial charge in [-0.3, -0.25) is 4.79 Å². The van der Waals surface area contributed by atoms with Crippen LogP contribution in [-0.2, 0) is 16.4 Å². The maximum atomic E-state index is 12.6. The fourth-order valence-electron chi connectivity index (χ4n) is 2.41. The van der Waals surface area contributed by atoms with Crippen LogP contribution in [0.5, 0.6) is 0 Å². The fourth-order valence-corrected chi connectivity index (χ4v) is 4.07. The van der Waals surface area contributed by atoms with Crippen LogP contribution in [0.4, 0.5) is 0 Å². The molecular formula is C14H12ClNO3S. The summed E-state index contributed by atoms with van der Waals surface area (Å²) in [5.74, 6) is -0.199. The first-order chi connectivity index (χ1) is 9.51. The molecule has 2 aromatic rings. The minimum atomic E-state index is -3.66. The van der Waals surface area contributed by atoms with E-state index in [1.54, 1.807) is 18.2 Å². The average Bonchev–Trinajstić information content (AvgIpc) is 2.89. The molecule has 0 N–H and O–H groups in total. The van der Waals surface area contributed by atoms with Crippen molar-refractivity contribution in [2.75, 3.05) is 0 Å². The van der Waals surface area contributed by atoms with Gasteiger partial charge in [0.25, 0.3) is 10.0 Å². The quantitative estimate of drug-likeness (QED) is 0.801. The Kier molecular flexibility index (Phi) is 3.18. The van der Waals surface area contributed by atoms with Gasteiger partial charge in [-0.05, 0) is 31.0 Å². The van der Waals surface area contributed by atoms with Crippen molar-refractivity contribution in [1.82, 2.24) is 3.97 Å². The topological polar surface area (TPSA) is 56.1 Å². The highest BCUT2D eigenvalue weighted by atomic mass is 35.5. The lowest BCUT2D eigenvalue weighted by atomic mass is 9.96. The van der Waals surface area contributed by atoms with Crippen molar-refractivity contribution >= 4 is 27.4 Å². The van der Waals surface area contributed by atoms with E-state index in [2.05, 4.69) is 0 Å². The number of nitrogens with zero attached hydrogens (tertiary/aromatic N) is 1. The van der Waals surface area contributed by atoms with Crippen molar-refractivity contribution in [2.45, 2.75) is 23.1 Å². The number of rotatable bonds is 2. The van der Waals surface area contributed by atoms with Crippen LogP contribution < -0.4 is 0 Å². The van der Waals surface area contributed by atoms with Gasteiger partial charge in [-0.2, -0.15) is 0 Å². The molecule has 1 aliphatic rings. The van der Waals surface area contributed by atoms with E-state index in [4.69, 9.17) is 11.6 Å². The minimum absolute atomic E-state index is 0.199. The highest BCUT2D eigenvalue weighted by Crippen LogP contribution is 2.28. The van der Waals surface area contributed by atoms with Gasteiger partial charge in [0, 0.05) is 17.5 Å². The van der Waals surface area contributed by atoms with Crippen LogP contribution in [0.2, 0.25) is 0 Å². The summed E-state index contributed by atoms with van der Waals surface area (Å²) in [5, 5.41) is -0.558. The Hall–Kier alpha value is -1.59. The first-order valence-electron chi connectivity index (χ1n) is 6.21. The van der Waals surface area contributed by atoms with Gasteiger partial charge in [0.2, 0.25) is 0 Å². The minimum Gasteiger partial charge on any atom is -0.292 e. The summed E-state index contributed by atoms with van der Waals surface area (Å²) in [6.45, 7) is 0. The Bertz CT molecular complexity index is 765. The molecule has 0 aliphatic heterocycles. The second-order valence-electron chi connectivity index (χ2n) is 4.66. The predicted molar refractivity (Wildman–Crippen MR) is 75.8 cm³/mol. The van der Waals surface area contributed by atoms with Crippen LogP contribution in [0.25, 0.3) is 0 Å². The highest BCUT2D eigenvalue weighted by molar-refractivity contribution is 7.90. The number of ketones is 1. The summed E-state index contributed by atoms with van der Waals surface area (Å²) in [6.07, 6.45) is 2.37. The third kappa shape index (κ3) is 1.98. The number of hydrogen-bond donors (Lipinski definition) is 0. The molecule has 0 bridgehead atoms. The molecule has 104 valence electrons. The largest absolute Gasteiger partial charge is 0.292 e. The second kappa shape index (κ2) is 4.75. The summed E-state index contributed by atoms with van der Waals surface area (Å²) >= 11 is 5.93. The fraction of sp³-hybridized carbons (Fsp3) is 0.214. The Balaban J connectivity index is 2.14. The Labute approximate surface area is 122 Å². The molecule has 1 aromatic heterocycles. The van der Waals surface area contributed by atoms with Gasteiger partial charge in [0.05, 0.1) is 10.3 Å². The van der Waals surface area contributed by atoms with Crippen molar-refractivity contribution in [3.63, 3.8) is 0 Å². The van der Waals surface area contributed by atoms with Crippen LogP contribution in [0.15, 0.2) is 47.5 Å². The number of fused-ring (bicyclic) bond motifs is 1. The van der Waals surface area contributed by atoms with Crippen LogP contribution in [0, 0.1) is 0 Å². The Morgan fingerprint density at radius 3 is 2.55 bits per heavy atom. The third-order valence-corrected chi connectivity index (χ3v) is 5.58. The normalized spacial score (nSPS) is 18.9. The first-order valence-corrected chi connectivity index (χ1v) is 8.08. The first kappa shape index (κ1) is 13.4. The van der Waals surface area contributed by atoms with Crippen LogP contribution in [0.3, 0.4) is 0 Å². The van der Waals surface area contributed by atoms with Crippen LogP contribution in [0.1, 0.15) is 22.5 Å². The summed E-state index contributed by atoms with van der Waals surface area (Å²) in [6, 6.07) is 9.71. The Morgan fingerprint density at radius 1 is 1.15 bits per heavy atom. The number of Topliss-reactive ketones (excluding diaryl/α,β-unsaturated/α-hetero) is 1. The van der Waals surface area contributed by atoms with Gasteiger partial charge in [0.15, 0.2) is 5.78 Å². The number of halogens is 1. The van der Waals surface area contributed by atoms with Gasteiger partial charge in [-0.1, -0.05) is 18.2 Å². The smallest absolute Gasteiger partial charge is 0.267 e. The van der Waals surface area contributed by atoms with Crippen LogP contribution >= 0.6 is 11.6 Å². The SMILES string of the molecule is O=C1c2ccn(S(=O)(=O)c3ccccc3)c2CCC1Cl.